The first-order valence-electron chi connectivity index (χ1n) is 13.4. The smallest absolute Gasteiger partial charge is 0.315 e. The Bertz CT molecular complexity index is 1330. The molecule has 3 aromatic rings. The fourth-order valence-corrected chi connectivity index (χ4v) is 4.69. The number of urea groups is 1. The molecule has 8 nitrogen and oxygen atoms in total. The Kier molecular flexibility index (Phi) is 8.66. The number of benzene rings is 3. The number of carbonyl (C=O) groups excluding carboxylic acids is 3. The molecule has 5 N–H and O–H groups in total. The van der Waals surface area contributed by atoms with E-state index in [0.717, 1.165) is 27.9 Å². The molecule has 0 radical (unpaired) electrons. The molecule has 1 aliphatic heterocycles. The number of fused-ring (bicyclic) bond motifs is 1. The Labute approximate surface area is 230 Å². The number of anilines is 1. The minimum Gasteiger partial charge on any atom is -0.352 e. The Morgan fingerprint density at radius 1 is 0.974 bits per heavy atom. The topological polar surface area (TPSA) is 117 Å². The highest BCUT2D eigenvalue weighted by atomic mass is 16.2. The summed E-state index contributed by atoms with van der Waals surface area (Å²) in [6.45, 7) is 6.74. The fourth-order valence-electron chi connectivity index (χ4n) is 4.69. The highest BCUT2D eigenvalue weighted by molar-refractivity contribution is 6.01. The predicted molar refractivity (Wildman–Crippen MR) is 154 cm³/mol. The summed E-state index contributed by atoms with van der Waals surface area (Å²) >= 11 is 0. The van der Waals surface area contributed by atoms with E-state index in [1.54, 1.807) is 4.90 Å². The van der Waals surface area contributed by atoms with Gasteiger partial charge in [0, 0.05) is 29.9 Å². The van der Waals surface area contributed by atoms with Gasteiger partial charge in [0.15, 0.2) is 0 Å². The summed E-state index contributed by atoms with van der Waals surface area (Å²) < 4.78 is 0. The molecule has 1 aliphatic rings. The Hall–Kier alpha value is -4.17. The van der Waals surface area contributed by atoms with E-state index >= 15 is 0 Å². The van der Waals surface area contributed by atoms with Gasteiger partial charge in [0.2, 0.25) is 5.91 Å². The maximum absolute atomic E-state index is 13.7. The van der Waals surface area contributed by atoms with Crippen molar-refractivity contribution in [1.82, 2.24) is 16.0 Å². The quantitative estimate of drug-likeness (QED) is 0.354. The van der Waals surface area contributed by atoms with Crippen molar-refractivity contribution in [2.24, 2.45) is 5.73 Å². The van der Waals surface area contributed by atoms with E-state index in [1.807, 2.05) is 93.6 Å². The minimum absolute atomic E-state index is 0.110. The van der Waals surface area contributed by atoms with Gasteiger partial charge in [-0.2, -0.15) is 0 Å². The minimum atomic E-state index is -0.665. The zero-order chi connectivity index (χ0) is 28.0. The van der Waals surface area contributed by atoms with Crippen LogP contribution in [0.5, 0.6) is 0 Å². The van der Waals surface area contributed by atoms with Crippen molar-refractivity contribution in [1.29, 1.82) is 0 Å². The van der Waals surface area contributed by atoms with Gasteiger partial charge in [0.25, 0.3) is 5.91 Å². The third-order valence-corrected chi connectivity index (χ3v) is 6.67. The first-order valence-corrected chi connectivity index (χ1v) is 13.4. The van der Waals surface area contributed by atoms with Crippen LogP contribution >= 0.6 is 0 Å². The highest BCUT2D eigenvalue weighted by Gasteiger charge is 2.31. The molecule has 0 unspecified atom stereocenters. The van der Waals surface area contributed by atoms with Gasteiger partial charge in [-0.25, -0.2) is 4.79 Å². The normalized spacial score (nSPS) is 15.2. The second kappa shape index (κ2) is 12.1. The number of aryl methyl sites for hydroxylation is 1. The summed E-state index contributed by atoms with van der Waals surface area (Å²) in [4.78, 5) is 40.6. The van der Waals surface area contributed by atoms with Gasteiger partial charge in [0.1, 0.15) is 6.04 Å². The van der Waals surface area contributed by atoms with Gasteiger partial charge in [0.05, 0.1) is 6.54 Å². The molecule has 0 aliphatic carbocycles. The number of nitrogens with one attached hydrogen (secondary N) is 3. The Balaban J connectivity index is 1.56. The summed E-state index contributed by atoms with van der Waals surface area (Å²) in [5.74, 6) is -0.269. The predicted octanol–water partition coefficient (Wildman–Crippen LogP) is 3.99. The molecule has 4 amide bonds. The van der Waals surface area contributed by atoms with Gasteiger partial charge in [-0.15, -0.1) is 0 Å². The van der Waals surface area contributed by atoms with E-state index in [4.69, 9.17) is 5.73 Å². The van der Waals surface area contributed by atoms with Crippen LogP contribution in [-0.4, -0.2) is 42.5 Å². The summed E-state index contributed by atoms with van der Waals surface area (Å²) in [7, 11) is 0. The van der Waals surface area contributed by atoms with Crippen molar-refractivity contribution in [3.8, 4) is 11.1 Å². The van der Waals surface area contributed by atoms with Gasteiger partial charge >= 0.3 is 6.03 Å². The number of nitrogens with zero attached hydrogens (tertiary/aromatic N) is 1. The van der Waals surface area contributed by atoms with E-state index in [9.17, 15) is 14.4 Å². The van der Waals surface area contributed by atoms with Crippen LogP contribution in [0, 0.1) is 0 Å². The van der Waals surface area contributed by atoms with Crippen molar-refractivity contribution in [3.05, 3.63) is 89.5 Å². The van der Waals surface area contributed by atoms with Crippen molar-refractivity contribution in [2.75, 3.05) is 18.0 Å². The molecular weight excluding hydrogens is 490 g/mol. The Morgan fingerprint density at radius 2 is 1.67 bits per heavy atom. The number of hydrogen-bond acceptors (Lipinski definition) is 4. The van der Waals surface area contributed by atoms with Crippen molar-refractivity contribution < 1.29 is 14.4 Å². The van der Waals surface area contributed by atoms with Crippen LogP contribution in [0.2, 0.25) is 0 Å². The first kappa shape index (κ1) is 27.9. The lowest BCUT2D eigenvalue weighted by molar-refractivity contribution is -0.120. The Morgan fingerprint density at radius 3 is 2.38 bits per heavy atom. The highest BCUT2D eigenvalue weighted by Crippen LogP contribution is 2.30. The third-order valence-electron chi connectivity index (χ3n) is 6.67. The first-order chi connectivity index (χ1) is 18.7. The maximum atomic E-state index is 13.7. The SMILES string of the molecule is CCNC(=O)c1ccccc1-c1ccc(CN2C(=O)[C@H](NC(=O)NCC(C)(C)N)CCc3ccccc32)cc1. The molecule has 39 heavy (non-hydrogen) atoms. The molecule has 8 heteroatoms. The molecule has 0 fully saturated rings. The van der Waals surface area contributed by atoms with Crippen molar-refractivity contribution in [3.63, 3.8) is 0 Å². The van der Waals surface area contributed by atoms with Gasteiger partial charge in [-0.1, -0.05) is 60.7 Å². The van der Waals surface area contributed by atoms with Crippen molar-refractivity contribution in [2.45, 2.75) is 51.7 Å². The van der Waals surface area contributed by atoms with E-state index in [-0.39, 0.29) is 11.8 Å². The van der Waals surface area contributed by atoms with Crippen LogP contribution in [0.25, 0.3) is 11.1 Å². The van der Waals surface area contributed by atoms with Gasteiger partial charge in [-0.3, -0.25) is 9.59 Å². The second-order valence-electron chi connectivity index (χ2n) is 10.6. The summed E-state index contributed by atoms with van der Waals surface area (Å²) in [5.41, 5.74) is 10.7. The standard InChI is InChI=1S/C31H37N5O3/c1-4-33-28(37)25-11-7-6-10-24(25)22-15-13-21(14-16-22)19-36-27-12-8-5-9-23(27)17-18-26(29(36)38)35-30(39)34-20-31(2,3)32/h5-16,26H,4,17-20,32H2,1-3H3,(H,33,37)(H2,34,35,39)/t26-/m1/s1. The summed E-state index contributed by atoms with van der Waals surface area (Å²) in [6, 6.07) is 22.2. The number of nitrogens with two attached hydrogens (primary N) is 1. The van der Waals surface area contributed by atoms with Crippen LogP contribution in [0.4, 0.5) is 10.5 Å². The number of carbonyl (C=O) groups is 3. The molecular formula is C31H37N5O3. The van der Waals surface area contributed by atoms with Gasteiger partial charge in [-0.05, 0) is 68.0 Å². The lowest BCUT2D eigenvalue weighted by Crippen LogP contribution is -2.53. The van der Waals surface area contributed by atoms with Crippen LogP contribution in [-0.2, 0) is 17.8 Å². The summed E-state index contributed by atoms with van der Waals surface area (Å²) in [5, 5.41) is 8.49. The molecule has 3 aromatic carbocycles. The molecule has 0 spiro atoms. The lowest BCUT2D eigenvalue weighted by Gasteiger charge is -2.27. The zero-order valence-corrected chi connectivity index (χ0v) is 22.8. The van der Waals surface area contributed by atoms with Crippen LogP contribution in [0.3, 0.4) is 0 Å². The number of amides is 4. The number of rotatable bonds is 8. The lowest BCUT2D eigenvalue weighted by atomic mass is 9.98. The average molecular weight is 528 g/mol. The molecule has 0 bridgehead atoms. The van der Waals surface area contributed by atoms with Crippen LogP contribution in [0.1, 0.15) is 48.7 Å². The van der Waals surface area contributed by atoms with Gasteiger partial charge < -0.3 is 26.6 Å². The largest absolute Gasteiger partial charge is 0.352 e. The van der Waals surface area contributed by atoms with E-state index in [0.29, 0.717) is 38.0 Å². The van der Waals surface area contributed by atoms with Crippen LogP contribution < -0.4 is 26.6 Å². The molecule has 0 aromatic heterocycles. The molecule has 0 saturated carbocycles. The average Bonchev–Trinajstić information content (AvgIpc) is 3.04. The summed E-state index contributed by atoms with van der Waals surface area (Å²) in [6.07, 6.45) is 1.17. The fraction of sp³-hybridized carbons (Fsp3) is 0.323. The monoisotopic (exact) mass is 527 g/mol. The second-order valence-corrected chi connectivity index (χ2v) is 10.6. The van der Waals surface area contributed by atoms with E-state index < -0.39 is 17.6 Å². The van der Waals surface area contributed by atoms with Crippen molar-refractivity contribution >= 4 is 23.5 Å². The van der Waals surface area contributed by atoms with E-state index in [2.05, 4.69) is 16.0 Å². The molecule has 1 heterocycles. The molecule has 1 atom stereocenters. The number of hydrogen-bond donors (Lipinski definition) is 4. The third kappa shape index (κ3) is 7.03. The maximum Gasteiger partial charge on any atom is 0.315 e. The van der Waals surface area contributed by atoms with Crippen LogP contribution in [0.15, 0.2) is 72.8 Å². The van der Waals surface area contributed by atoms with E-state index in [1.165, 1.54) is 0 Å². The molecule has 4 rings (SSSR count). The molecule has 204 valence electrons. The zero-order valence-electron chi connectivity index (χ0n) is 22.8. The molecule has 0 saturated heterocycles. The number of para-hydroxylation sites is 1.